The molecule has 1 aliphatic rings. The van der Waals surface area contributed by atoms with Gasteiger partial charge in [0.2, 0.25) is 6.79 Å². The Labute approximate surface area is 123 Å². The molecule has 2 aromatic carbocycles. The lowest BCUT2D eigenvalue weighted by Crippen LogP contribution is -2.20. The van der Waals surface area contributed by atoms with Gasteiger partial charge in [-0.2, -0.15) is 0 Å². The minimum Gasteiger partial charge on any atom is -0.454 e. The van der Waals surface area contributed by atoms with Gasteiger partial charge < -0.3 is 14.2 Å². The van der Waals surface area contributed by atoms with Gasteiger partial charge in [-0.05, 0) is 24.6 Å². The molecule has 0 fully saturated rings. The summed E-state index contributed by atoms with van der Waals surface area (Å²) in [5.41, 5.74) is 1.61. The zero-order valence-corrected chi connectivity index (χ0v) is 11.7. The van der Waals surface area contributed by atoms with Crippen molar-refractivity contribution in [3.8, 4) is 11.5 Å². The number of ether oxygens (including phenoxy) is 3. The molecule has 108 valence electrons. The Morgan fingerprint density at radius 2 is 1.90 bits per heavy atom. The van der Waals surface area contributed by atoms with Crippen LogP contribution in [-0.4, -0.2) is 18.7 Å². The van der Waals surface area contributed by atoms with Crippen LogP contribution in [0.4, 0.5) is 0 Å². The highest BCUT2D eigenvalue weighted by atomic mass is 16.7. The summed E-state index contributed by atoms with van der Waals surface area (Å²) in [5.74, 6) is 1.45. The second-order valence-corrected chi connectivity index (χ2v) is 4.87. The molecular weight excluding hydrogens is 268 g/mol. The van der Waals surface area contributed by atoms with Crippen LogP contribution in [0.1, 0.15) is 22.8 Å². The molecule has 4 heteroatoms. The van der Waals surface area contributed by atoms with Crippen molar-refractivity contribution < 1.29 is 19.0 Å². The van der Waals surface area contributed by atoms with Crippen LogP contribution in [0.3, 0.4) is 0 Å². The Bertz CT molecular complexity index is 636. The van der Waals surface area contributed by atoms with Gasteiger partial charge in [-0.15, -0.1) is 0 Å². The zero-order chi connectivity index (χ0) is 14.7. The van der Waals surface area contributed by atoms with Gasteiger partial charge in [0.15, 0.2) is 17.3 Å². The number of fused-ring (bicyclic) bond motifs is 1. The Kier molecular flexibility index (Phi) is 3.88. The Balaban J connectivity index is 1.61. The van der Waals surface area contributed by atoms with E-state index in [2.05, 4.69) is 0 Å². The maximum absolute atomic E-state index is 12.2. The van der Waals surface area contributed by atoms with E-state index in [1.807, 2.05) is 36.4 Å². The minimum absolute atomic E-state index is 0.0173. The van der Waals surface area contributed by atoms with Crippen molar-refractivity contribution in [2.75, 3.05) is 6.79 Å². The van der Waals surface area contributed by atoms with Crippen LogP contribution < -0.4 is 9.47 Å². The van der Waals surface area contributed by atoms with E-state index in [0.29, 0.717) is 12.2 Å². The lowest BCUT2D eigenvalue weighted by Gasteiger charge is -2.12. The van der Waals surface area contributed by atoms with Gasteiger partial charge in [-0.25, -0.2) is 0 Å². The van der Waals surface area contributed by atoms with Gasteiger partial charge in [0.1, 0.15) is 6.10 Å². The van der Waals surface area contributed by atoms with E-state index in [-0.39, 0.29) is 12.6 Å². The van der Waals surface area contributed by atoms with Crippen molar-refractivity contribution in [2.45, 2.75) is 19.6 Å². The third-order valence-electron chi connectivity index (χ3n) is 3.36. The number of rotatable bonds is 5. The SMILES string of the molecule is CC(OCc1ccc2c(c1)OCO2)C(=O)c1ccccc1. The molecular formula is C17H16O4. The third kappa shape index (κ3) is 3.06. The minimum atomic E-state index is -0.488. The molecule has 0 spiro atoms. The average molecular weight is 284 g/mol. The number of hydrogen-bond acceptors (Lipinski definition) is 4. The molecule has 21 heavy (non-hydrogen) atoms. The van der Waals surface area contributed by atoms with E-state index < -0.39 is 6.10 Å². The molecule has 1 aliphatic heterocycles. The second kappa shape index (κ2) is 5.97. The van der Waals surface area contributed by atoms with E-state index in [0.717, 1.165) is 17.1 Å². The van der Waals surface area contributed by atoms with Crippen molar-refractivity contribution >= 4 is 5.78 Å². The summed E-state index contributed by atoms with van der Waals surface area (Å²) in [6.07, 6.45) is -0.488. The molecule has 0 radical (unpaired) electrons. The van der Waals surface area contributed by atoms with E-state index in [9.17, 15) is 4.79 Å². The first-order valence-corrected chi connectivity index (χ1v) is 6.83. The molecule has 0 amide bonds. The van der Waals surface area contributed by atoms with Crippen molar-refractivity contribution in [3.05, 3.63) is 59.7 Å². The van der Waals surface area contributed by atoms with Gasteiger partial charge in [0.25, 0.3) is 0 Å². The fourth-order valence-corrected chi connectivity index (χ4v) is 2.16. The zero-order valence-electron chi connectivity index (χ0n) is 11.7. The highest BCUT2D eigenvalue weighted by Gasteiger charge is 2.17. The van der Waals surface area contributed by atoms with Gasteiger partial charge in [-0.3, -0.25) is 4.79 Å². The topological polar surface area (TPSA) is 44.8 Å². The number of carbonyl (C=O) groups is 1. The second-order valence-electron chi connectivity index (χ2n) is 4.87. The monoisotopic (exact) mass is 284 g/mol. The first-order chi connectivity index (χ1) is 10.2. The van der Waals surface area contributed by atoms with E-state index >= 15 is 0 Å². The summed E-state index contributed by atoms with van der Waals surface area (Å²) >= 11 is 0. The summed E-state index contributed by atoms with van der Waals surface area (Å²) in [7, 11) is 0. The van der Waals surface area contributed by atoms with Crippen molar-refractivity contribution in [3.63, 3.8) is 0 Å². The quantitative estimate of drug-likeness (QED) is 0.791. The van der Waals surface area contributed by atoms with Gasteiger partial charge in [0, 0.05) is 5.56 Å². The molecule has 0 saturated heterocycles. The van der Waals surface area contributed by atoms with Crippen molar-refractivity contribution in [1.82, 2.24) is 0 Å². The van der Waals surface area contributed by atoms with E-state index in [1.165, 1.54) is 0 Å². The summed E-state index contributed by atoms with van der Waals surface area (Å²) in [4.78, 5) is 12.2. The van der Waals surface area contributed by atoms with Gasteiger partial charge >= 0.3 is 0 Å². The van der Waals surface area contributed by atoms with Crippen LogP contribution in [0.25, 0.3) is 0 Å². The predicted octanol–water partition coefficient (Wildman–Crippen LogP) is 3.20. The molecule has 3 rings (SSSR count). The molecule has 4 nitrogen and oxygen atoms in total. The lowest BCUT2D eigenvalue weighted by atomic mass is 10.1. The highest BCUT2D eigenvalue weighted by molar-refractivity contribution is 5.99. The van der Waals surface area contributed by atoms with Gasteiger partial charge in [0.05, 0.1) is 6.61 Å². The molecule has 0 aliphatic carbocycles. The van der Waals surface area contributed by atoms with Crippen LogP contribution in [0.15, 0.2) is 48.5 Å². The maximum atomic E-state index is 12.2. The van der Waals surface area contributed by atoms with Crippen LogP contribution in [-0.2, 0) is 11.3 Å². The first kappa shape index (κ1) is 13.6. The first-order valence-electron chi connectivity index (χ1n) is 6.83. The van der Waals surface area contributed by atoms with E-state index in [1.54, 1.807) is 19.1 Å². The fourth-order valence-electron chi connectivity index (χ4n) is 2.16. The molecule has 0 aromatic heterocycles. The van der Waals surface area contributed by atoms with Crippen LogP contribution in [0, 0.1) is 0 Å². The summed E-state index contributed by atoms with van der Waals surface area (Å²) < 4.78 is 16.2. The summed E-state index contributed by atoms with van der Waals surface area (Å²) in [6.45, 7) is 2.38. The largest absolute Gasteiger partial charge is 0.454 e. The number of hydrogen-bond donors (Lipinski definition) is 0. The number of ketones is 1. The van der Waals surface area contributed by atoms with Crippen molar-refractivity contribution in [2.24, 2.45) is 0 Å². The molecule has 1 heterocycles. The standard InChI is InChI=1S/C17H16O4/c1-12(17(18)14-5-3-2-4-6-14)19-10-13-7-8-15-16(9-13)21-11-20-15/h2-9,12H,10-11H2,1H3. The van der Waals surface area contributed by atoms with Crippen LogP contribution >= 0.6 is 0 Å². The average Bonchev–Trinajstić information content (AvgIpc) is 3.00. The predicted molar refractivity (Wildman–Crippen MR) is 77.6 cm³/mol. The van der Waals surface area contributed by atoms with Crippen LogP contribution in [0.5, 0.6) is 11.5 Å². The molecule has 1 unspecified atom stereocenters. The normalized spacial score (nSPS) is 14.0. The smallest absolute Gasteiger partial charge is 0.231 e. The third-order valence-corrected chi connectivity index (χ3v) is 3.36. The maximum Gasteiger partial charge on any atom is 0.231 e. The summed E-state index contributed by atoms with van der Waals surface area (Å²) in [5, 5.41) is 0. The molecule has 0 saturated carbocycles. The van der Waals surface area contributed by atoms with Gasteiger partial charge in [-0.1, -0.05) is 36.4 Å². The number of carbonyl (C=O) groups excluding carboxylic acids is 1. The Hall–Kier alpha value is -2.33. The Morgan fingerprint density at radius 1 is 1.14 bits per heavy atom. The highest BCUT2D eigenvalue weighted by Crippen LogP contribution is 2.32. The Morgan fingerprint density at radius 3 is 2.71 bits per heavy atom. The number of Topliss-reactive ketones (excluding diaryl/α,β-unsaturated/α-hetero) is 1. The van der Waals surface area contributed by atoms with Crippen LogP contribution in [0.2, 0.25) is 0 Å². The lowest BCUT2D eigenvalue weighted by molar-refractivity contribution is 0.0412. The molecule has 0 N–H and O–H groups in total. The molecule has 0 bridgehead atoms. The number of benzene rings is 2. The van der Waals surface area contributed by atoms with Crippen molar-refractivity contribution in [1.29, 1.82) is 0 Å². The molecule has 1 atom stereocenters. The molecule has 2 aromatic rings. The summed E-state index contributed by atoms with van der Waals surface area (Å²) in [6, 6.07) is 14.8. The fraction of sp³-hybridized carbons (Fsp3) is 0.235. The van der Waals surface area contributed by atoms with E-state index in [4.69, 9.17) is 14.2 Å².